The SMILES string of the molecule is CCC[C@H](NC1CCc2cc(F)cc(F)c2C1)C(=O)Nc1cn(C(C)(C)CNCC2CCOCC2)cn1. The van der Waals surface area contributed by atoms with Crippen molar-refractivity contribution in [2.45, 2.75) is 83.3 Å². The second kappa shape index (κ2) is 12.5. The van der Waals surface area contributed by atoms with Gasteiger partial charge in [-0.15, -0.1) is 0 Å². The lowest BCUT2D eigenvalue weighted by atomic mass is 9.87. The smallest absolute Gasteiger partial charge is 0.242 e. The van der Waals surface area contributed by atoms with E-state index in [4.69, 9.17) is 4.74 Å². The summed E-state index contributed by atoms with van der Waals surface area (Å²) in [5, 5.41) is 9.98. The van der Waals surface area contributed by atoms with E-state index in [1.165, 1.54) is 6.07 Å². The van der Waals surface area contributed by atoms with Crippen molar-refractivity contribution in [2.24, 2.45) is 5.92 Å². The molecule has 2 heterocycles. The maximum absolute atomic E-state index is 14.3. The molecule has 0 spiro atoms. The van der Waals surface area contributed by atoms with E-state index < -0.39 is 17.7 Å². The third-order valence-electron chi connectivity index (χ3n) is 7.66. The molecule has 2 aromatic rings. The van der Waals surface area contributed by atoms with Crippen LogP contribution in [0.25, 0.3) is 0 Å². The summed E-state index contributed by atoms with van der Waals surface area (Å²) in [6.45, 7) is 9.77. The molecular formula is C28H41F2N5O2. The van der Waals surface area contributed by atoms with E-state index >= 15 is 0 Å². The van der Waals surface area contributed by atoms with Crippen LogP contribution >= 0.6 is 0 Å². The number of halogens is 2. The molecule has 1 unspecified atom stereocenters. The Hall–Kier alpha value is -2.36. The standard InChI is InChI=1S/C28H41F2N5O2/c1-4-5-25(33-22-7-6-20-12-21(29)13-24(30)23(20)14-22)27(36)34-26-16-35(18-32-26)28(2,3)17-31-15-19-8-10-37-11-9-19/h12-13,16,18-19,22,25,31,33H,4-11,14-15,17H2,1-3H3,(H,34,36)/t22?,25-/m0/s1. The van der Waals surface area contributed by atoms with E-state index in [1.807, 2.05) is 17.7 Å². The number of aromatic nitrogens is 2. The molecule has 204 valence electrons. The lowest BCUT2D eigenvalue weighted by Crippen LogP contribution is -2.48. The number of nitrogens with zero attached hydrogens (tertiary/aromatic N) is 2. The van der Waals surface area contributed by atoms with E-state index in [9.17, 15) is 13.6 Å². The van der Waals surface area contributed by atoms with E-state index in [-0.39, 0.29) is 17.5 Å². The first-order valence-corrected chi connectivity index (χ1v) is 13.6. The van der Waals surface area contributed by atoms with Gasteiger partial charge in [0, 0.05) is 38.1 Å². The highest BCUT2D eigenvalue weighted by molar-refractivity contribution is 5.94. The predicted octanol–water partition coefficient (Wildman–Crippen LogP) is 4.17. The fourth-order valence-electron chi connectivity index (χ4n) is 5.35. The number of carbonyl (C=O) groups excluding carboxylic acids is 1. The number of carbonyl (C=O) groups is 1. The monoisotopic (exact) mass is 517 g/mol. The molecule has 1 aromatic carbocycles. The molecule has 0 bridgehead atoms. The van der Waals surface area contributed by atoms with Crippen molar-refractivity contribution in [3.05, 3.63) is 47.4 Å². The van der Waals surface area contributed by atoms with Crippen molar-refractivity contribution in [1.82, 2.24) is 20.2 Å². The number of aryl methyl sites for hydroxylation is 1. The van der Waals surface area contributed by atoms with Gasteiger partial charge in [0.2, 0.25) is 5.91 Å². The molecule has 1 saturated heterocycles. The largest absolute Gasteiger partial charge is 0.381 e. The van der Waals surface area contributed by atoms with Gasteiger partial charge in [0.1, 0.15) is 11.6 Å². The molecule has 1 fully saturated rings. The number of ether oxygens (including phenoxy) is 1. The minimum absolute atomic E-state index is 0.0481. The van der Waals surface area contributed by atoms with Crippen LogP contribution < -0.4 is 16.0 Å². The van der Waals surface area contributed by atoms with Gasteiger partial charge in [-0.3, -0.25) is 4.79 Å². The van der Waals surface area contributed by atoms with Gasteiger partial charge in [-0.25, -0.2) is 13.8 Å². The number of fused-ring (bicyclic) bond motifs is 1. The number of benzene rings is 1. The molecule has 7 nitrogen and oxygen atoms in total. The van der Waals surface area contributed by atoms with Gasteiger partial charge in [-0.2, -0.15) is 0 Å². The van der Waals surface area contributed by atoms with Gasteiger partial charge < -0.3 is 25.3 Å². The molecule has 1 amide bonds. The van der Waals surface area contributed by atoms with Crippen LogP contribution in [0.1, 0.15) is 64.0 Å². The lowest BCUT2D eigenvalue weighted by Gasteiger charge is -2.29. The van der Waals surface area contributed by atoms with Crippen molar-refractivity contribution >= 4 is 11.7 Å². The number of hydrogen-bond acceptors (Lipinski definition) is 5. The summed E-state index contributed by atoms with van der Waals surface area (Å²) >= 11 is 0. The van der Waals surface area contributed by atoms with Crippen LogP contribution in [0.2, 0.25) is 0 Å². The lowest BCUT2D eigenvalue weighted by molar-refractivity contribution is -0.118. The molecule has 37 heavy (non-hydrogen) atoms. The number of amides is 1. The molecule has 0 saturated carbocycles. The highest BCUT2D eigenvalue weighted by Gasteiger charge is 2.28. The van der Waals surface area contributed by atoms with Gasteiger partial charge in [0.05, 0.1) is 17.9 Å². The molecule has 1 aliphatic carbocycles. The summed E-state index contributed by atoms with van der Waals surface area (Å²) < 4.78 is 35.4. The zero-order chi connectivity index (χ0) is 26.4. The molecule has 1 aromatic heterocycles. The number of anilines is 1. The Morgan fingerprint density at radius 2 is 2.03 bits per heavy atom. The number of nitrogens with one attached hydrogen (secondary N) is 3. The van der Waals surface area contributed by atoms with Crippen molar-refractivity contribution in [3.63, 3.8) is 0 Å². The average molecular weight is 518 g/mol. The van der Waals surface area contributed by atoms with E-state index in [0.29, 0.717) is 36.6 Å². The normalized spacial score (nSPS) is 19.4. The first-order chi connectivity index (χ1) is 17.7. The Labute approximate surface area is 218 Å². The molecular weight excluding hydrogens is 476 g/mol. The summed E-state index contributed by atoms with van der Waals surface area (Å²) in [5.41, 5.74) is 1.07. The van der Waals surface area contributed by atoms with Crippen LogP contribution in [0, 0.1) is 17.6 Å². The Morgan fingerprint density at radius 3 is 2.78 bits per heavy atom. The summed E-state index contributed by atoms with van der Waals surface area (Å²) in [6.07, 6.45) is 9.07. The van der Waals surface area contributed by atoms with Crippen LogP contribution in [0.15, 0.2) is 24.7 Å². The summed E-state index contributed by atoms with van der Waals surface area (Å²) in [6, 6.07) is 1.89. The van der Waals surface area contributed by atoms with E-state index in [1.54, 1.807) is 6.33 Å². The first kappa shape index (κ1) is 27.7. The second-order valence-electron chi connectivity index (χ2n) is 11.1. The van der Waals surface area contributed by atoms with Gasteiger partial charge >= 0.3 is 0 Å². The quantitative estimate of drug-likeness (QED) is 0.417. The van der Waals surface area contributed by atoms with Crippen LogP contribution in [-0.4, -0.2) is 53.8 Å². The van der Waals surface area contributed by atoms with Crippen molar-refractivity contribution in [1.29, 1.82) is 0 Å². The summed E-state index contributed by atoms with van der Waals surface area (Å²) in [7, 11) is 0. The summed E-state index contributed by atoms with van der Waals surface area (Å²) in [5.74, 6) is -0.0219. The van der Waals surface area contributed by atoms with Crippen molar-refractivity contribution in [2.75, 3.05) is 31.6 Å². The zero-order valence-corrected chi connectivity index (χ0v) is 22.3. The van der Waals surface area contributed by atoms with E-state index in [2.05, 4.69) is 34.8 Å². The minimum Gasteiger partial charge on any atom is -0.381 e. The van der Waals surface area contributed by atoms with Crippen molar-refractivity contribution < 1.29 is 18.3 Å². The van der Waals surface area contributed by atoms with Crippen LogP contribution in [0.4, 0.5) is 14.6 Å². The van der Waals surface area contributed by atoms with Crippen LogP contribution in [0.5, 0.6) is 0 Å². The minimum atomic E-state index is -0.538. The van der Waals surface area contributed by atoms with Gasteiger partial charge in [-0.05, 0) is 82.0 Å². The highest BCUT2D eigenvalue weighted by atomic mass is 19.1. The molecule has 1 aliphatic heterocycles. The topological polar surface area (TPSA) is 80.2 Å². The molecule has 0 radical (unpaired) electrons. The number of hydrogen-bond donors (Lipinski definition) is 3. The zero-order valence-electron chi connectivity index (χ0n) is 22.3. The molecule has 2 atom stereocenters. The third kappa shape index (κ3) is 7.36. The number of rotatable bonds is 11. The van der Waals surface area contributed by atoms with Gasteiger partial charge in [0.25, 0.3) is 0 Å². The highest BCUT2D eigenvalue weighted by Crippen LogP contribution is 2.26. The average Bonchev–Trinajstić information content (AvgIpc) is 3.34. The Morgan fingerprint density at radius 1 is 1.24 bits per heavy atom. The fraction of sp³-hybridized carbons (Fsp3) is 0.643. The molecule has 9 heteroatoms. The maximum atomic E-state index is 14.3. The van der Waals surface area contributed by atoms with Gasteiger partial charge in [-0.1, -0.05) is 13.3 Å². The maximum Gasteiger partial charge on any atom is 0.242 e. The Balaban J connectivity index is 1.31. The Bertz CT molecular complexity index is 1050. The first-order valence-electron chi connectivity index (χ1n) is 13.6. The van der Waals surface area contributed by atoms with Gasteiger partial charge in [0.15, 0.2) is 5.82 Å². The van der Waals surface area contributed by atoms with Crippen LogP contribution in [0.3, 0.4) is 0 Å². The van der Waals surface area contributed by atoms with Crippen molar-refractivity contribution in [3.8, 4) is 0 Å². The van der Waals surface area contributed by atoms with E-state index in [0.717, 1.165) is 63.6 Å². The molecule has 4 rings (SSSR count). The molecule has 3 N–H and O–H groups in total. The van der Waals surface area contributed by atoms with Crippen LogP contribution in [-0.2, 0) is 27.9 Å². The molecule has 2 aliphatic rings. The predicted molar refractivity (Wildman–Crippen MR) is 141 cm³/mol. The number of imidazole rings is 1. The summed E-state index contributed by atoms with van der Waals surface area (Å²) in [4.78, 5) is 17.6. The third-order valence-corrected chi connectivity index (χ3v) is 7.66. The fourth-order valence-corrected chi connectivity index (χ4v) is 5.35. The second-order valence-corrected chi connectivity index (χ2v) is 11.1. The Kier molecular flexibility index (Phi) is 9.31.